The third-order valence-electron chi connectivity index (χ3n) is 5.30. The van der Waals surface area contributed by atoms with Gasteiger partial charge in [-0.2, -0.15) is 0 Å². The topological polar surface area (TPSA) is 57.2 Å². The lowest BCUT2D eigenvalue weighted by molar-refractivity contribution is 0.0101. The highest BCUT2D eigenvalue weighted by Crippen LogP contribution is 2.43. The molecule has 1 aliphatic carbocycles. The van der Waals surface area contributed by atoms with Crippen LogP contribution in [0.5, 0.6) is 0 Å². The maximum absolute atomic E-state index is 12.4. The summed E-state index contributed by atoms with van der Waals surface area (Å²) in [6.07, 6.45) is 4.47. The van der Waals surface area contributed by atoms with E-state index in [-0.39, 0.29) is 12.1 Å². The van der Waals surface area contributed by atoms with Gasteiger partial charge in [0.2, 0.25) is 0 Å². The van der Waals surface area contributed by atoms with Gasteiger partial charge in [0.15, 0.2) is 0 Å². The summed E-state index contributed by atoms with van der Waals surface area (Å²) < 4.78 is 5.55. The van der Waals surface area contributed by atoms with Gasteiger partial charge in [0, 0.05) is 49.7 Å². The number of hydrogen-bond donors (Lipinski definition) is 1. The van der Waals surface area contributed by atoms with Gasteiger partial charge < -0.3 is 19.9 Å². The molecule has 150 valence electrons. The number of nitrogens with zero attached hydrogens (tertiary/aromatic N) is 3. The van der Waals surface area contributed by atoms with Crippen LogP contribution in [0.2, 0.25) is 0 Å². The van der Waals surface area contributed by atoms with Gasteiger partial charge in [0.25, 0.3) is 0 Å². The van der Waals surface area contributed by atoms with E-state index in [0.717, 1.165) is 18.9 Å². The molecule has 0 aromatic rings. The number of ether oxygens (including phenoxy) is 1. The monoisotopic (exact) mass is 374 g/mol. The number of carbonyl (C=O) groups is 1. The van der Waals surface area contributed by atoms with Crippen LogP contribution in [0.15, 0.2) is 28.0 Å². The van der Waals surface area contributed by atoms with Crippen molar-refractivity contribution >= 4 is 11.9 Å². The normalized spacial score (nSPS) is 26.8. The molecule has 3 aliphatic rings. The van der Waals surface area contributed by atoms with Gasteiger partial charge in [-0.05, 0) is 65.9 Å². The number of nitrogens with one attached hydrogen (secondary N) is 1. The van der Waals surface area contributed by atoms with Gasteiger partial charge in [-0.15, -0.1) is 0 Å². The Labute approximate surface area is 163 Å². The molecule has 2 fully saturated rings. The maximum Gasteiger partial charge on any atom is 0.410 e. The fraction of sp³-hybridized carbons (Fsp3) is 0.714. The predicted molar refractivity (Wildman–Crippen MR) is 109 cm³/mol. The summed E-state index contributed by atoms with van der Waals surface area (Å²) in [5.41, 5.74) is 3.49. The minimum Gasteiger partial charge on any atom is -0.444 e. The molecule has 1 amide bonds. The van der Waals surface area contributed by atoms with E-state index < -0.39 is 5.60 Å². The van der Waals surface area contributed by atoms with Crippen molar-refractivity contribution in [2.75, 3.05) is 26.2 Å². The first kappa shape index (κ1) is 19.8. The van der Waals surface area contributed by atoms with E-state index in [2.05, 4.69) is 42.2 Å². The lowest BCUT2D eigenvalue weighted by atomic mass is 10.00. The largest absolute Gasteiger partial charge is 0.444 e. The van der Waals surface area contributed by atoms with Crippen LogP contribution in [-0.4, -0.2) is 59.6 Å². The van der Waals surface area contributed by atoms with Crippen molar-refractivity contribution < 1.29 is 9.53 Å². The summed E-state index contributed by atoms with van der Waals surface area (Å²) in [7, 11) is 0. The third-order valence-corrected chi connectivity index (χ3v) is 5.30. The van der Waals surface area contributed by atoms with E-state index in [1.165, 1.54) is 29.7 Å². The van der Waals surface area contributed by atoms with E-state index in [1.54, 1.807) is 0 Å². The van der Waals surface area contributed by atoms with E-state index in [9.17, 15) is 4.79 Å². The van der Waals surface area contributed by atoms with Crippen molar-refractivity contribution in [1.82, 2.24) is 15.1 Å². The van der Waals surface area contributed by atoms with Gasteiger partial charge in [-0.3, -0.25) is 4.99 Å². The van der Waals surface area contributed by atoms with Gasteiger partial charge >= 0.3 is 6.09 Å². The molecule has 3 rings (SSSR count). The predicted octanol–water partition coefficient (Wildman–Crippen LogP) is 3.52. The van der Waals surface area contributed by atoms with Gasteiger partial charge in [0.05, 0.1) is 0 Å². The Hall–Kier alpha value is -1.98. The molecule has 0 aromatic heterocycles. The van der Waals surface area contributed by atoms with Crippen molar-refractivity contribution in [1.29, 1.82) is 0 Å². The lowest BCUT2D eigenvalue weighted by Crippen LogP contribution is -2.54. The van der Waals surface area contributed by atoms with Gasteiger partial charge in [-0.25, -0.2) is 4.79 Å². The van der Waals surface area contributed by atoms with Crippen molar-refractivity contribution in [2.45, 2.75) is 66.0 Å². The highest BCUT2D eigenvalue weighted by molar-refractivity contribution is 6.06. The minimum atomic E-state index is -0.458. The number of allylic oxidation sites excluding steroid dienone is 1. The highest BCUT2D eigenvalue weighted by Gasteiger charge is 2.36. The summed E-state index contributed by atoms with van der Waals surface area (Å²) in [6, 6.07) is 0.239. The van der Waals surface area contributed by atoms with E-state index in [1.807, 2.05) is 25.7 Å². The average molecular weight is 375 g/mol. The number of piperazine rings is 1. The molecular weight excluding hydrogens is 340 g/mol. The quantitative estimate of drug-likeness (QED) is 0.821. The van der Waals surface area contributed by atoms with Crippen LogP contribution < -0.4 is 5.32 Å². The molecule has 1 saturated carbocycles. The molecule has 1 N–H and O–H groups in total. The average Bonchev–Trinajstić information content (AvgIpc) is 3.34. The second-order valence-electron chi connectivity index (χ2n) is 8.77. The van der Waals surface area contributed by atoms with Crippen LogP contribution in [0.3, 0.4) is 0 Å². The molecule has 0 aromatic carbocycles. The third kappa shape index (κ3) is 4.47. The zero-order valence-electron chi connectivity index (χ0n) is 17.6. The summed E-state index contributed by atoms with van der Waals surface area (Å²) in [6.45, 7) is 15.1. The van der Waals surface area contributed by atoms with E-state index in [4.69, 9.17) is 4.74 Å². The maximum atomic E-state index is 12.4. The van der Waals surface area contributed by atoms with Crippen molar-refractivity contribution in [3.63, 3.8) is 0 Å². The summed E-state index contributed by atoms with van der Waals surface area (Å²) in [5, 5.41) is 3.39. The minimum absolute atomic E-state index is 0.214. The Morgan fingerprint density at radius 1 is 1.33 bits per heavy atom. The molecule has 0 radical (unpaired) electrons. The molecule has 1 atom stereocenters. The van der Waals surface area contributed by atoms with Crippen molar-refractivity contribution in [3.8, 4) is 0 Å². The zero-order chi connectivity index (χ0) is 19.8. The first-order valence-corrected chi connectivity index (χ1v) is 10.2. The molecule has 0 spiro atoms. The number of carbonyl (C=O) groups excluding carboxylic acids is 1. The van der Waals surface area contributed by atoms with Crippen LogP contribution in [-0.2, 0) is 4.74 Å². The fourth-order valence-corrected chi connectivity index (χ4v) is 3.90. The standard InChI is InChI=1S/C21H34N4O2/c1-7-22-19-18(17(12-23-19)16-8-9-16)15(3)25-11-10-24(13-14(25)2)20(26)27-21(4,5)6/h12,14,16H,7-11,13H2,1-6H3,(H,22,23)/b18-15+/t14-/m0/s1. The zero-order valence-corrected chi connectivity index (χ0v) is 17.6. The van der Waals surface area contributed by atoms with Crippen LogP contribution in [0.1, 0.15) is 54.4 Å². The second kappa shape index (κ2) is 7.56. The molecule has 6 nitrogen and oxygen atoms in total. The van der Waals surface area contributed by atoms with E-state index in [0.29, 0.717) is 19.0 Å². The van der Waals surface area contributed by atoms with Crippen LogP contribution in [0.4, 0.5) is 4.79 Å². The molecular formula is C21H34N4O2. The Balaban J connectivity index is 1.76. The van der Waals surface area contributed by atoms with E-state index >= 15 is 0 Å². The molecule has 0 unspecified atom stereocenters. The number of aliphatic imine (C=N–C) groups is 1. The Morgan fingerprint density at radius 3 is 2.59 bits per heavy atom. The molecule has 2 heterocycles. The SMILES string of the molecule is CCN=C1NC=C(C2CC2)/C1=C(/C)N1CCN(C(=O)OC(C)(C)C)C[C@@H]1C. The van der Waals surface area contributed by atoms with Gasteiger partial charge in [0.1, 0.15) is 11.4 Å². The fourth-order valence-electron chi connectivity index (χ4n) is 3.90. The summed E-state index contributed by atoms with van der Waals surface area (Å²) in [4.78, 5) is 21.3. The Kier molecular flexibility index (Phi) is 5.54. The van der Waals surface area contributed by atoms with Gasteiger partial charge in [-0.1, -0.05) is 0 Å². The van der Waals surface area contributed by atoms with Crippen LogP contribution >= 0.6 is 0 Å². The summed E-state index contributed by atoms with van der Waals surface area (Å²) in [5.74, 6) is 1.67. The van der Waals surface area contributed by atoms with Crippen LogP contribution in [0, 0.1) is 5.92 Å². The summed E-state index contributed by atoms with van der Waals surface area (Å²) >= 11 is 0. The van der Waals surface area contributed by atoms with Crippen molar-refractivity contribution in [3.05, 3.63) is 23.0 Å². The second-order valence-corrected chi connectivity index (χ2v) is 8.77. The molecule has 1 saturated heterocycles. The first-order valence-electron chi connectivity index (χ1n) is 10.2. The number of amidine groups is 1. The Morgan fingerprint density at radius 2 is 2.04 bits per heavy atom. The lowest BCUT2D eigenvalue weighted by Gasteiger charge is -2.42. The molecule has 6 heteroatoms. The van der Waals surface area contributed by atoms with Crippen molar-refractivity contribution in [2.24, 2.45) is 10.9 Å². The molecule has 27 heavy (non-hydrogen) atoms. The molecule has 0 bridgehead atoms. The smallest absolute Gasteiger partial charge is 0.410 e. The first-order chi connectivity index (χ1) is 12.7. The van der Waals surface area contributed by atoms with Crippen LogP contribution in [0.25, 0.3) is 0 Å². The molecule has 2 aliphatic heterocycles. The highest BCUT2D eigenvalue weighted by atomic mass is 16.6. The number of amides is 1. The number of hydrogen-bond acceptors (Lipinski definition) is 4. The number of rotatable bonds is 3. The Bertz CT molecular complexity index is 683.